The fourth-order valence-corrected chi connectivity index (χ4v) is 3.86. The molecule has 10 heteroatoms. The molecule has 2 aliphatic rings. The number of aliphatic hydroxyl groups excluding tert-OH is 1. The Labute approximate surface area is 200 Å². The number of carbonyl (C=O) groups excluding carboxylic acids is 3. The number of hydrogen-bond acceptors (Lipinski definition) is 10. The predicted molar refractivity (Wildman–Crippen MR) is 120 cm³/mol. The van der Waals surface area contributed by atoms with Gasteiger partial charge in [-0.1, -0.05) is 6.58 Å². The van der Waals surface area contributed by atoms with Gasteiger partial charge in [0.05, 0.1) is 25.9 Å². The Hall–Kier alpha value is -3.73. The van der Waals surface area contributed by atoms with E-state index in [-0.39, 0.29) is 35.8 Å². The highest BCUT2D eigenvalue weighted by molar-refractivity contribution is 5.94. The first kappa shape index (κ1) is 24.4. The molecule has 35 heavy (non-hydrogen) atoms. The molecule has 10 nitrogen and oxygen atoms in total. The van der Waals surface area contributed by atoms with Gasteiger partial charge in [-0.2, -0.15) is 0 Å². The van der Waals surface area contributed by atoms with Crippen molar-refractivity contribution >= 4 is 17.9 Å². The molecule has 0 unspecified atom stereocenters. The first-order valence-electron chi connectivity index (χ1n) is 10.8. The van der Waals surface area contributed by atoms with Gasteiger partial charge in [-0.05, 0) is 42.8 Å². The van der Waals surface area contributed by atoms with Crippen LogP contribution in [-0.4, -0.2) is 67.8 Å². The van der Waals surface area contributed by atoms with Crippen molar-refractivity contribution in [3.05, 3.63) is 65.7 Å². The normalized spacial score (nSPS) is 22.7. The molecule has 0 radical (unpaired) electrons. The number of aliphatic hydroxyl groups is 1. The van der Waals surface area contributed by atoms with Crippen LogP contribution in [0.2, 0.25) is 0 Å². The Morgan fingerprint density at radius 1 is 1.00 bits per heavy atom. The van der Waals surface area contributed by atoms with Gasteiger partial charge in [-0.3, -0.25) is 0 Å². The molecule has 0 aromatic heterocycles. The van der Waals surface area contributed by atoms with E-state index in [1.165, 1.54) is 43.5 Å². The minimum Gasteiger partial charge on any atom is -0.496 e. The average Bonchev–Trinajstić information content (AvgIpc) is 3.42. The number of fused-ring (bicyclic) bond motifs is 1. The maximum absolute atomic E-state index is 12.7. The summed E-state index contributed by atoms with van der Waals surface area (Å²) in [5.41, 5.74) is 0.915. The fourth-order valence-electron chi connectivity index (χ4n) is 3.86. The van der Waals surface area contributed by atoms with E-state index >= 15 is 0 Å². The van der Waals surface area contributed by atoms with E-state index in [0.29, 0.717) is 11.3 Å². The third-order valence-corrected chi connectivity index (χ3v) is 5.63. The maximum Gasteiger partial charge on any atom is 0.343 e. The Balaban J connectivity index is 1.43. The Morgan fingerprint density at radius 2 is 1.77 bits per heavy atom. The molecular weight excluding hydrogens is 460 g/mol. The number of benzene rings is 2. The molecular formula is C25H24O10. The van der Waals surface area contributed by atoms with Crippen molar-refractivity contribution in [3.8, 4) is 17.2 Å². The molecule has 0 spiro atoms. The predicted octanol–water partition coefficient (Wildman–Crippen LogP) is 2.00. The van der Waals surface area contributed by atoms with Crippen LogP contribution in [0, 0.1) is 6.92 Å². The molecule has 184 valence electrons. The molecule has 2 aromatic rings. The largest absolute Gasteiger partial charge is 0.496 e. The lowest BCUT2D eigenvalue weighted by molar-refractivity contribution is -0.129. The van der Waals surface area contributed by atoms with E-state index in [0.717, 1.165) is 6.08 Å². The van der Waals surface area contributed by atoms with Crippen LogP contribution in [0.4, 0.5) is 0 Å². The summed E-state index contributed by atoms with van der Waals surface area (Å²) in [7, 11) is 1.37. The Morgan fingerprint density at radius 3 is 2.49 bits per heavy atom. The van der Waals surface area contributed by atoms with Crippen LogP contribution < -0.4 is 14.2 Å². The van der Waals surface area contributed by atoms with Crippen LogP contribution in [0.25, 0.3) is 0 Å². The van der Waals surface area contributed by atoms with E-state index < -0.39 is 42.3 Å². The summed E-state index contributed by atoms with van der Waals surface area (Å²) in [6, 6.07) is 8.72. The Bertz CT molecular complexity index is 1160. The number of rotatable bonds is 7. The van der Waals surface area contributed by atoms with Crippen molar-refractivity contribution in [3.63, 3.8) is 0 Å². The second kappa shape index (κ2) is 10.3. The molecule has 0 saturated carbocycles. The van der Waals surface area contributed by atoms with Crippen molar-refractivity contribution in [2.24, 2.45) is 0 Å². The third kappa shape index (κ3) is 5.19. The molecule has 4 atom stereocenters. The number of hydrogen-bond donors (Lipinski definition) is 1. The molecule has 2 fully saturated rings. The number of carbonyl (C=O) groups is 3. The summed E-state index contributed by atoms with van der Waals surface area (Å²) in [4.78, 5) is 36.7. The SMILES string of the molecule is C=CC(=O)Oc1ccc(C(=O)Oc2ccc(C(=O)O[C@H]3CO[C@H]4[C@@H]3OC[C@H]4O)c(OC)c2)cc1C. The van der Waals surface area contributed by atoms with Crippen LogP contribution in [0.3, 0.4) is 0 Å². The van der Waals surface area contributed by atoms with Gasteiger partial charge in [0.1, 0.15) is 41.1 Å². The van der Waals surface area contributed by atoms with Crippen molar-refractivity contribution in [1.82, 2.24) is 0 Å². The average molecular weight is 484 g/mol. The van der Waals surface area contributed by atoms with Gasteiger partial charge in [0.15, 0.2) is 6.10 Å². The summed E-state index contributed by atoms with van der Waals surface area (Å²) in [5.74, 6) is -1.34. The van der Waals surface area contributed by atoms with Gasteiger partial charge >= 0.3 is 17.9 Å². The molecule has 0 bridgehead atoms. The third-order valence-electron chi connectivity index (χ3n) is 5.63. The van der Waals surface area contributed by atoms with E-state index in [2.05, 4.69) is 6.58 Å². The standard InChI is InChI=1S/C25H24O10/c1-4-21(27)34-18-8-5-14(9-13(18)2)24(28)33-15-6-7-16(19(10-15)30-3)25(29)35-20-12-32-22-17(26)11-31-23(20)22/h4-10,17,20,22-23,26H,1,11-12H2,2-3H3/t17-,20+,22-,23-/m1/s1. The lowest BCUT2D eigenvalue weighted by atomic mass is 10.1. The van der Waals surface area contributed by atoms with E-state index in [1.54, 1.807) is 6.92 Å². The van der Waals surface area contributed by atoms with Crippen molar-refractivity contribution in [2.45, 2.75) is 31.3 Å². The number of ether oxygens (including phenoxy) is 6. The number of aryl methyl sites for hydroxylation is 1. The first-order valence-corrected chi connectivity index (χ1v) is 10.8. The van der Waals surface area contributed by atoms with Gasteiger partial charge < -0.3 is 33.5 Å². The highest BCUT2D eigenvalue weighted by Gasteiger charge is 2.49. The Kier molecular flexibility index (Phi) is 7.15. The highest BCUT2D eigenvalue weighted by atomic mass is 16.6. The summed E-state index contributed by atoms with van der Waals surface area (Å²) < 4.78 is 32.3. The molecule has 2 aromatic carbocycles. The summed E-state index contributed by atoms with van der Waals surface area (Å²) in [6.07, 6.45) is -1.43. The zero-order valence-corrected chi connectivity index (χ0v) is 19.1. The van der Waals surface area contributed by atoms with Crippen LogP contribution in [0.5, 0.6) is 17.2 Å². The number of methoxy groups -OCH3 is 1. The lowest BCUT2D eigenvalue weighted by Gasteiger charge is -2.17. The molecule has 2 heterocycles. The van der Waals surface area contributed by atoms with E-state index in [9.17, 15) is 19.5 Å². The van der Waals surface area contributed by atoms with Crippen molar-refractivity contribution < 1.29 is 47.9 Å². The quantitative estimate of drug-likeness (QED) is 0.354. The van der Waals surface area contributed by atoms with E-state index in [4.69, 9.17) is 28.4 Å². The lowest BCUT2D eigenvalue weighted by Crippen LogP contribution is -2.34. The maximum atomic E-state index is 12.7. The zero-order chi connectivity index (χ0) is 25.1. The molecule has 0 amide bonds. The minimum absolute atomic E-state index is 0.112. The first-order chi connectivity index (χ1) is 16.8. The monoisotopic (exact) mass is 484 g/mol. The molecule has 2 saturated heterocycles. The smallest absolute Gasteiger partial charge is 0.343 e. The molecule has 1 N–H and O–H groups in total. The van der Waals surface area contributed by atoms with Gasteiger partial charge in [-0.15, -0.1) is 0 Å². The summed E-state index contributed by atoms with van der Waals surface area (Å²) >= 11 is 0. The van der Waals surface area contributed by atoms with Gasteiger partial charge in [0.25, 0.3) is 0 Å². The molecule has 4 rings (SSSR count). The van der Waals surface area contributed by atoms with Crippen LogP contribution >= 0.6 is 0 Å². The second-order valence-corrected chi connectivity index (χ2v) is 7.96. The van der Waals surface area contributed by atoms with Gasteiger partial charge in [-0.25, -0.2) is 14.4 Å². The van der Waals surface area contributed by atoms with Crippen LogP contribution in [0.15, 0.2) is 49.1 Å². The minimum atomic E-state index is -0.755. The topological polar surface area (TPSA) is 127 Å². The highest BCUT2D eigenvalue weighted by Crippen LogP contribution is 2.31. The fraction of sp³-hybridized carbons (Fsp3) is 0.320. The summed E-state index contributed by atoms with van der Waals surface area (Å²) in [6.45, 7) is 5.26. The summed E-state index contributed by atoms with van der Waals surface area (Å²) in [5, 5.41) is 9.83. The van der Waals surface area contributed by atoms with E-state index in [1.807, 2.05) is 0 Å². The molecule has 2 aliphatic heterocycles. The van der Waals surface area contributed by atoms with Crippen molar-refractivity contribution in [1.29, 1.82) is 0 Å². The number of esters is 3. The van der Waals surface area contributed by atoms with Crippen molar-refractivity contribution in [2.75, 3.05) is 20.3 Å². The van der Waals surface area contributed by atoms with Gasteiger partial charge in [0.2, 0.25) is 0 Å². The van der Waals surface area contributed by atoms with Crippen LogP contribution in [0.1, 0.15) is 26.3 Å². The second-order valence-electron chi connectivity index (χ2n) is 7.96. The van der Waals surface area contributed by atoms with Crippen LogP contribution in [-0.2, 0) is 19.0 Å². The van der Waals surface area contributed by atoms with Gasteiger partial charge in [0, 0.05) is 12.1 Å². The zero-order valence-electron chi connectivity index (χ0n) is 19.1. The molecule has 0 aliphatic carbocycles.